The molecule has 7 heteroatoms. The molecule has 0 aromatic rings. The topological polar surface area (TPSA) is 83.5 Å². The van der Waals surface area contributed by atoms with Crippen molar-refractivity contribution in [3.63, 3.8) is 0 Å². The van der Waals surface area contributed by atoms with Crippen LogP contribution in [0.5, 0.6) is 0 Å². The fourth-order valence-electron chi connectivity index (χ4n) is 0.314. The van der Waals surface area contributed by atoms with Crippen LogP contribution in [0.3, 0.4) is 0 Å². The number of carbonyl (C=O) groups is 1. The van der Waals surface area contributed by atoms with Gasteiger partial charge in [-0.25, -0.2) is 0 Å². The van der Waals surface area contributed by atoms with Crippen LogP contribution in [-0.2, 0) is 10.1 Å². The molecule has 0 radical (unpaired) electrons. The summed E-state index contributed by atoms with van der Waals surface area (Å²) < 4.78 is 28.4. The Morgan fingerprint density at radius 1 is 1.55 bits per heavy atom. The highest BCUT2D eigenvalue weighted by atomic mass is 32.2. The molecule has 0 saturated heterocycles. The van der Waals surface area contributed by atoms with Gasteiger partial charge in [0.25, 0.3) is 0 Å². The van der Waals surface area contributed by atoms with Gasteiger partial charge >= 0.3 is 15.4 Å². The van der Waals surface area contributed by atoms with Crippen molar-refractivity contribution in [3.8, 4) is 0 Å². The summed E-state index contributed by atoms with van der Waals surface area (Å²) in [4.78, 5) is 10.4. The minimum atomic E-state index is -4.54. The summed E-state index contributed by atoms with van der Waals surface area (Å²) in [6, 6.07) is 0. The maximum Gasteiger partial charge on any atom is 0.363 e. The van der Waals surface area contributed by atoms with Gasteiger partial charge in [0.05, 0.1) is 0 Å². The van der Waals surface area contributed by atoms with E-state index in [1.807, 2.05) is 13.3 Å². The minimum absolute atomic E-state index is 0.300. The first-order chi connectivity index (χ1) is 4.84. The van der Waals surface area contributed by atoms with E-state index in [0.717, 1.165) is 0 Å². The predicted octanol–water partition coefficient (Wildman–Crippen LogP) is 0.283. The normalized spacial score (nSPS) is 11.6. The quantitative estimate of drug-likeness (QED) is 0.494. The van der Waals surface area contributed by atoms with E-state index >= 15 is 0 Å². The molecule has 0 aliphatic heterocycles. The molecule has 0 spiro atoms. The average molecular weight is 199 g/mol. The zero-order valence-electron chi connectivity index (χ0n) is 6.23. The van der Waals surface area contributed by atoms with Gasteiger partial charge in [-0.1, -0.05) is 7.92 Å². The van der Waals surface area contributed by atoms with Gasteiger partial charge < -0.3 is 5.32 Å². The van der Waals surface area contributed by atoms with Crippen LogP contribution in [0.15, 0.2) is 0 Å². The second-order valence-electron chi connectivity index (χ2n) is 2.18. The van der Waals surface area contributed by atoms with Crippen LogP contribution >= 0.6 is 7.92 Å². The Morgan fingerprint density at radius 2 is 2.00 bits per heavy atom. The Hall–Kier alpha value is -0.190. The molecule has 0 heterocycles. The zero-order valence-corrected chi connectivity index (χ0v) is 7.95. The Morgan fingerprint density at radius 3 is 2.27 bits per heavy atom. The summed E-state index contributed by atoms with van der Waals surface area (Å²) in [6.45, 7) is 3.75. The Bertz CT molecular complexity index is 234. The molecule has 0 saturated carbocycles. The summed E-state index contributed by atoms with van der Waals surface area (Å²) in [6.07, 6.45) is 0.300. The van der Waals surface area contributed by atoms with Crippen molar-refractivity contribution in [1.82, 2.24) is 5.32 Å². The van der Waals surface area contributed by atoms with Gasteiger partial charge in [-0.3, -0.25) is 9.35 Å². The summed E-state index contributed by atoms with van der Waals surface area (Å²) >= 11 is 0. The fraction of sp³-hybridized carbons (Fsp3) is 0.750. The van der Waals surface area contributed by atoms with E-state index in [0.29, 0.717) is 6.29 Å². The van der Waals surface area contributed by atoms with Crippen molar-refractivity contribution < 1.29 is 17.8 Å². The van der Waals surface area contributed by atoms with Gasteiger partial charge in [0.2, 0.25) is 0 Å². The van der Waals surface area contributed by atoms with Crippen molar-refractivity contribution in [1.29, 1.82) is 0 Å². The standard InChI is InChI=1S/C4H10NO4PS/c1-10(2)3-5-4(6)11(7,8)9/h3H2,1-2H3,(H,5,6)(H,7,8,9). The van der Waals surface area contributed by atoms with Crippen LogP contribution in [0.4, 0.5) is 4.79 Å². The lowest BCUT2D eigenvalue weighted by Crippen LogP contribution is -2.28. The van der Waals surface area contributed by atoms with Gasteiger partial charge in [0.1, 0.15) is 0 Å². The molecular weight excluding hydrogens is 189 g/mol. The van der Waals surface area contributed by atoms with E-state index in [1.165, 1.54) is 0 Å². The second-order valence-corrected chi connectivity index (χ2v) is 5.97. The van der Waals surface area contributed by atoms with Crippen molar-refractivity contribution in [2.24, 2.45) is 0 Å². The van der Waals surface area contributed by atoms with Crippen LogP contribution in [0.25, 0.3) is 0 Å². The molecule has 0 aliphatic carbocycles. The van der Waals surface area contributed by atoms with Gasteiger partial charge in [0.15, 0.2) is 0 Å². The summed E-state index contributed by atoms with van der Waals surface area (Å²) in [5.41, 5.74) is 0. The van der Waals surface area contributed by atoms with Crippen LogP contribution in [0.1, 0.15) is 0 Å². The van der Waals surface area contributed by atoms with Crippen LogP contribution in [0.2, 0.25) is 0 Å². The summed E-state index contributed by atoms with van der Waals surface area (Å²) in [5.74, 6) is 0. The number of nitrogens with one attached hydrogen (secondary N) is 1. The molecule has 0 rings (SSSR count). The molecule has 0 aromatic carbocycles. The molecule has 0 atom stereocenters. The van der Waals surface area contributed by atoms with E-state index < -0.39 is 15.4 Å². The second kappa shape index (κ2) is 3.99. The Balaban J connectivity index is 3.92. The number of carbonyl (C=O) groups excluding carboxylic acids is 1. The molecule has 5 nitrogen and oxygen atoms in total. The van der Waals surface area contributed by atoms with Crippen LogP contribution in [-0.4, -0.2) is 37.8 Å². The highest BCUT2D eigenvalue weighted by Gasteiger charge is 2.16. The fourth-order valence-corrected chi connectivity index (χ4v) is 1.14. The maximum atomic E-state index is 10.4. The van der Waals surface area contributed by atoms with E-state index in [-0.39, 0.29) is 7.92 Å². The van der Waals surface area contributed by atoms with Gasteiger partial charge in [0, 0.05) is 6.29 Å². The summed E-state index contributed by atoms with van der Waals surface area (Å²) in [5, 5.41) is 0.749. The molecule has 2 N–H and O–H groups in total. The predicted molar refractivity (Wildman–Crippen MR) is 43.7 cm³/mol. The van der Waals surface area contributed by atoms with Gasteiger partial charge in [-0.2, -0.15) is 8.42 Å². The molecule has 0 aromatic heterocycles. The molecule has 1 amide bonds. The third kappa shape index (κ3) is 5.12. The molecule has 0 bridgehead atoms. The number of amides is 1. The lowest BCUT2D eigenvalue weighted by molar-refractivity contribution is 0.257. The van der Waals surface area contributed by atoms with Gasteiger partial charge in [-0.15, -0.1) is 0 Å². The van der Waals surface area contributed by atoms with Crippen molar-refractivity contribution in [2.75, 3.05) is 19.6 Å². The van der Waals surface area contributed by atoms with Crippen molar-refractivity contribution in [2.45, 2.75) is 0 Å². The molecular formula is C4H10NO4PS. The van der Waals surface area contributed by atoms with E-state index in [2.05, 4.69) is 5.32 Å². The highest BCUT2D eigenvalue weighted by molar-refractivity contribution is 8.01. The number of hydrogen-bond acceptors (Lipinski definition) is 3. The lowest BCUT2D eigenvalue weighted by atomic mass is 11.2. The first kappa shape index (κ1) is 10.8. The third-order valence-corrected chi connectivity index (χ3v) is 2.18. The molecule has 66 valence electrons. The molecule has 11 heavy (non-hydrogen) atoms. The first-order valence-corrected chi connectivity index (χ1v) is 6.60. The lowest BCUT2D eigenvalue weighted by Gasteiger charge is -2.04. The van der Waals surface area contributed by atoms with Crippen molar-refractivity contribution in [3.05, 3.63) is 0 Å². The third-order valence-electron chi connectivity index (χ3n) is 0.774. The van der Waals surface area contributed by atoms with Crippen LogP contribution in [0, 0.1) is 0 Å². The van der Waals surface area contributed by atoms with Gasteiger partial charge in [-0.05, 0) is 13.3 Å². The maximum absolute atomic E-state index is 10.4. The average Bonchev–Trinajstić information content (AvgIpc) is 1.80. The zero-order chi connectivity index (χ0) is 9.07. The number of rotatable bonds is 2. The van der Waals surface area contributed by atoms with Crippen molar-refractivity contribution >= 4 is 23.3 Å². The highest BCUT2D eigenvalue weighted by Crippen LogP contribution is 2.21. The smallest absolute Gasteiger partial charge is 0.337 e. The Labute approximate surface area is 66.7 Å². The monoisotopic (exact) mass is 199 g/mol. The van der Waals surface area contributed by atoms with Crippen LogP contribution < -0.4 is 5.32 Å². The largest absolute Gasteiger partial charge is 0.363 e. The Kier molecular flexibility index (Phi) is 3.92. The van der Waals surface area contributed by atoms with E-state index in [4.69, 9.17) is 4.55 Å². The minimum Gasteiger partial charge on any atom is -0.337 e. The van der Waals surface area contributed by atoms with E-state index in [9.17, 15) is 13.2 Å². The molecule has 0 unspecified atom stereocenters. The summed E-state index contributed by atoms with van der Waals surface area (Å²) in [7, 11) is -4.93. The molecule has 0 fully saturated rings. The first-order valence-electron chi connectivity index (χ1n) is 2.74. The number of hydrogen-bond donors (Lipinski definition) is 2. The van der Waals surface area contributed by atoms with E-state index in [1.54, 1.807) is 0 Å². The SMILES string of the molecule is CP(C)CNC(=O)S(=O)(=O)O. The molecule has 0 aliphatic rings.